The van der Waals surface area contributed by atoms with Crippen LogP contribution in [0.15, 0.2) is 172 Å². The number of aliphatic hydroxyl groups excluding tert-OH is 2. The van der Waals surface area contributed by atoms with Crippen LogP contribution in [0.3, 0.4) is 0 Å². The molecule has 16 aromatic rings. The van der Waals surface area contributed by atoms with E-state index in [0.29, 0.717) is 72.0 Å². The van der Waals surface area contributed by atoms with E-state index < -0.39 is 38.7 Å². The fourth-order valence-corrected chi connectivity index (χ4v) is 27.8. The average Bonchev–Trinajstić information content (AvgIpc) is 1.49. The monoisotopic (exact) mass is 2340 g/mol. The molecule has 4 aromatic carbocycles. The van der Waals surface area contributed by atoms with E-state index in [-0.39, 0.29) is 43.4 Å². The molecule has 1 radical (unpaired) electrons. The van der Waals surface area contributed by atoms with Crippen molar-refractivity contribution in [3.8, 4) is 33.4 Å². The lowest BCUT2D eigenvalue weighted by molar-refractivity contribution is 0.112. The van der Waals surface area contributed by atoms with Crippen LogP contribution in [0.5, 0.6) is 0 Å². The molecule has 0 bridgehead atoms. The number of nitrogens with one attached hydrogen (secondary N) is 1. The van der Waals surface area contributed by atoms with Gasteiger partial charge in [-0.05, 0) is 234 Å². The lowest BCUT2D eigenvalue weighted by Gasteiger charge is -2.13. The van der Waals surface area contributed by atoms with Gasteiger partial charge in [-0.15, -0.1) is 0 Å². The van der Waals surface area contributed by atoms with E-state index in [1.54, 1.807) is 42.5 Å². The third-order valence-corrected chi connectivity index (χ3v) is 32.0. The van der Waals surface area contributed by atoms with Gasteiger partial charge in [0.05, 0.1) is 52.1 Å². The number of aldehydes is 1. The molecule has 16 rings (SSSR count). The van der Waals surface area contributed by atoms with Gasteiger partial charge >= 0.3 is 22.7 Å². The van der Waals surface area contributed by atoms with Gasteiger partial charge in [0, 0.05) is 100 Å². The molecule has 12 aromatic heterocycles. The number of halogens is 11. The number of H-pyrrole nitrogens is 1. The first-order valence-electron chi connectivity index (χ1n) is 38.5. The highest BCUT2D eigenvalue weighted by Crippen LogP contribution is 2.72. The number of hydrogen-bond donors (Lipinski definition) is 9. The number of anilines is 2. The number of benzene rings is 4. The number of aromatic nitrogens is 18. The summed E-state index contributed by atoms with van der Waals surface area (Å²) >= 11 is 50.8. The fourth-order valence-electron chi connectivity index (χ4n) is 12.6. The Labute approximate surface area is 827 Å². The van der Waals surface area contributed by atoms with Crippen LogP contribution in [0.4, 0.5) is 11.6 Å². The third-order valence-electron chi connectivity index (χ3n) is 18.4. The summed E-state index contributed by atoms with van der Waals surface area (Å²) in [6.45, 7) is 20.7. The Bertz CT molecular complexity index is 6600. The molecule has 33 nitrogen and oxygen atoms in total. The standard InChI is InChI=1S/C17H22N4O6P2.C16H16ClN3O.C16H18N4O.2C9H9ClIN3.C7H6BO2.C6H3ClIN3.CH2Cl4O2P2.H2O/c1-11(2)21-7-14(15-16(18)19-9-20-17(15)21)13-5-3-4-12(6-13)8-27-29(25,26)10-28(22,23)24;2*1-10(2)20-7-13(12-5-3-4-11(6-12)8-21)14-15(17)18-9-19-16(14)20;2*1-5(2)14-3-6(11)7-8(10)12-4-13-9(7)14;9-5-6-2-1-3-7(4-6)8-10;7-5-4-3(8)1-9-6(4)11-2-10-5;2-8(3,6)1-9(4,5)7;/h3-7,9,11H,8,10H2,1-2H3,(H,25,26)(H2,18,19,20)(H2,22,23,24);3-7,9-10,21H,8H2,1-2H3;3-7,9-10,21H,8H2,1-2H3,(H2,17,18,19);2*3-5H,1-2H3;1-5,10H;1-2H,(H,9,10,11);1H2;1H2. The van der Waals surface area contributed by atoms with Crippen LogP contribution in [-0.4, -0.2) is 149 Å². The highest BCUT2D eigenvalue weighted by molar-refractivity contribution is 14.1. The maximum absolute atomic E-state index is 11.9. The number of carbonyl (C=O) groups excluding carboxylic acids is 1. The molecule has 1 atom stereocenters. The Balaban J connectivity index is 0.000000188. The molecule has 1 unspecified atom stereocenters. The van der Waals surface area contributed by atoms with Crippen molar-refractivity contribution in [3.05, 3.63) is 226 Å². The van der Waals surface area contributed by atoms with E-state index in [1.165, 1.54) is 38.0 Å². The van der Waals surface area contributed by atoms with E-state index in [2.05, 4.69) is 225 Å². The smallest absolute Gasteiger partial charge is 0.340 e. The maximum Gasteiger partial charge on any atom is 0.340 e. The molecule has 0 saturated heterocycles. The second kappa shape index (κ2) is 48.5. The first kappa shape index (κ1) is 108. The van der Waals surface area contributed by atoms with Crippen LogP contribution in [-0.2, 0) is 42.6 Å². The van der Waals surface area contributed by atoms with Gasteiger partial charge in [0.25, 0.3) is 11.7 Å². The van der Waals surface area contributed by atoms with Crippen LogP contribution >= 0.6 is 186 Å². The molecule has 49 heteroatoms. The second-order valence-corrected chi connectivity index (χ2v) is 49.4. The number of nitrogens with two attached hydrogens (primary N) is 2. The van der Waals surface area contributed by atoms with Gasteiger partial charge in [-0.1, -0.05) is 131 Å². The molecule has 13 N–H and O–H groups in total. The van der Waals surface area contributed by atoms with Crippen molar-refractivity contribution >= 4 is 283 Å². The Morgan fingerprint density at radius 3 is 1.15 bits per heavy atom. The summed E-state index contributed by atoms with van der Waals surface area (Å²) in [4.78, 5) is 90.3. The predicted molar refractivity (Wildman–Crippen MR) is 547 cm³/mol. The SMILES string of the molecule is CC(C)n1cc(-c2cccc(CO)c2)c2c(Cl)ncnc21.CC(C)n1cc(-c2cccc(CO)c2)c2c(N)ncnc21.CC(C)n1cc(-c2cccc(COP(=O)(O)CP(=O)(O)O)c2)c2c(N)ncnc21.CC(C)n1cc(I)c2c(Cl)ncnc21.CC(C)n1cc(I)c2c(Cl)ncnc21.Clc1ncnc2[nH]cc(I)c12.O.O=Cc1cccc([B]O)c1.O=P(Cl)(Cl)CP(=O)(Cl)Cl. The quantitative estimate of drug-likeness (QED) is 0.0119. The van der Waals surface area contributed by atoms with Gasteiger partial charge in [-0.25, -0.2) is 59.8 Å². The van der Waals surface area contributed by atoms with Crippen LogP contribution in [0.25, 0.3) is 99.6 Å². The minimum Gasteiger partial charge on any atom is -0.450 e. The number of nitrogens with zero attached hydrogens (tertiary/aromatic N) is 17. The Hall–Kier alpha value is -6.96. The van der Waals surface area contributed by atoms with Crippen molar-refractivity contribution in [2.24, 2.45) is 0 Å². The topological polar surface area (TPSA) is 495 Å². The summed E-state index contributed by atoms with van der Waals surface area (Å²) in [5.41, 5.74) is 26.2. The van der Waals surface area contributed by atoms with Gasteiger partial charge < -0.3 is 79.2 Å². The molecule has 130 heavy (non-hydrogen) atoms. The summed E-state index contributed by atoms with van der Waals surface area (Å²) in [6.07, 6.45) is 21.5. The van der Waals surface area contributed by atoms with Crippen LogP contribution in [0, 0.1) is 10.7 Å². The average molecular weight is 2350 g/mol. The van der Waals surface area contributed by atoms with Gasteiger partial charge in [0.1, 0.15) is 116 Å². The maximum atomic E-state index is 11.9. The normalized spacial score (nSPS) is 11.9. The van der Waals surface area contributed by atoms with E-state index in [0.717, 1.165) is 124 Å². The minimum atomic E-state index is -4.67. The number of nitrogen functional groups attached to an aromatic ring is 2. The largest absolute Gasteiger partial charge is 0.450 e. The van der Waals surface area contributed by atoms with Crippen molar-refractivity contribution in [3.63, 3.8) is 0 Å². The Kier molecular flexibility index (Phi) is 40.4. The van der Waals surface area contributed by atoms with Crippen molar-refractivity contribution in [1.82, 2.24) is 87.6 Å². The summed E-state index contributed by atoms with van der Waals surface area (Å²) in [6, 6.07) is 30.8. The van der Waals surface area contributed by atoms with Crippen LogP contribution in [0.2, 0.25) is 20.6 Å². The molecular weight excluding hydrogens is 2260 g/mol. The molecule has 0 saturated carbocycles. The van der Waals surface area contributed by atoms with Gasteiger partial charge in [0.2, 0.25) is 0 Å². The predicted octanol–water partition coefficient (Wildman–Crippen LogP) is 21.6. The molecule has 0 aliphatic heterocycles. The zero-order chi connectivity index (χ0) is 94.9. The zero-order valence-corrected chi connectivity index (χ0v) is 86.7. The summed E-state index contributed by atoms with van der Waals surface area (Å²) in [5.74, 6) is -7.69. The number of fused-ring (bicyclic) bond motifs is 6. The van der Waals surface area contributed by atoms with Gasteiger partial charge in [-0.2, -0.15) is 0 Å². The summed E-state index contributed by atoms with van der Waals surface area (Å²) in [7, 11) is -8.14. The number of carbonyl (C=O) groups is 1. The first-order valence-corrected chi connectivity index (χ1v) is 54.2. The van der Waals surface area contributed by atoms with Gasteiger partial charge in [0.15, 0.2) is 5.90 Å². The lowest BCUT2D eigenvalue weighted by atomic mass is 9.88. The van der Waals surface area contributed by atoms with Crippen molar-refractivity contribution < 1.29 is 63.0 Å². The zero-order valence-electron chi connectivity index (χ0n) is 70.6. The Morgan fingerprint density at radius 1 is 0.446 bits per heavy atom. The van der Waals surface area contributed by atoms with Gasteiger partial charge in [-0.3, -0.25) is 23.1 Å². The highest BCUT2D eigenvalue weighted by atomic mass is 127. The molecule has 0 aliphatic carbocycles. The minimum absolute atomic E-state index is 0. The number of hydrogen-bond acceptors (Lipinski definition) is 23. The number of aliphatic hydroxyl groups is 2. The number of rotatable bonds is 19. The van der Waals surface area contributed by atoms with E-state index >= 15 is 0 Å². The first-order chi connectivity index (χ1) is 60.8. The Morgan fingerprint density at radius 2 is 0.785 bits per heavy atom. The highest BCUT2D eigenvalue weighted by Gasteiger charge is 2.32. The van der Waals surface area contributed by atoms with Crippen molar-refractivity contribution in [2.45, 2.75) is 119 Å². The molecule has 0 spiro atoms. The molecule has 0 amide bonds. The molecule has 689 valence electrons. The molecule has 12 heterocycles. The van der Waals surface area contributed by atoms with Crippen LogP contribution < -0.4 is 16.9 Å². The molecular formula is C81H87BCl8I3N20O13P4. The summed E-state index contributed by atoms with van der Waals surface area (Å²) < 4.78 is 62.2. The second-order valence-electron chi connectivity index (χ2n) is 29.4. The summed E-state index contributed by atoms with van der Waals surface area (Å²) in [5, 5.41) is 34.4. The molecule has 0 aliphatic rings. The van der Waals surface area contributed by atoms with Crippen molar-refractivity contribution in [1.29, 1.82) is 0 Å². The fraction of sp³-hybridized carbons (Fsp3) is 0.247. The lowest BCUT2D eigenvalue weighted by Crippen LogP contribution is -2.13. The van der Waals surface area contributed by atoms with Crippen LogP contribution in [0.1, 0.15) is 126 Å². The van der Waals surface area contributed by atoms with E-state index in [4.69, 9.17) is 122 Å². The van der Waals surface area contributed by atoms with E-state index in [9.17, 15) is 38.2 Å². The molecule has 0 fully saturated rings. The number of aromatic amines is 1. The third kappa shape index (κ3) is 29.3. The van der Waals surface area contributed by atoms with E-state index in [1.807, 2.05) is 91.6 Å². The van der Waals surface area contributed by atoms with Crippen molar-refractivity contribution in [2.75, 3.05) is 23.3 Å².